The summed E-state index contributed by atoms with van der Waals surface area (Å²) in [5.41, 5.74) is -0.366. The van der Waals surface area contributed by atoms with Gasteiger partial charge in [-0.05, 0) is 44.4 Å². The Morgan fingerprint density at radius 1 is 1.30 bits per heavy atom. The molecule has 1 aromatic rings. The number of unbranched alkanes of at least 4 members (excludes halogenated alkanes) is 1. The quantitative estimate of drug-likeness (QED) is 0.710. The van der Waals surface area contributed by atoms with Gasteiger partial charge in [-0.1, -0.05) is 25.0 Å². The summed E-state index contributed by atoms with van der Waals surface area (Å²) in [6.07, 6.45) is 1.63. The van der Waals surface area contributed by atoms with E-state index in [0.717, 1.165) is 5.56 Å². The average molecular weight is 284 g/mol. The summed E-state index contributed by atoms with van der Waals surface area (Å²) in [6.45, 7) is 3.05. The fourth-order valence-electron chi connectivity index (χ4n) is 2.20. The van der Waals surface area contributed by atoms with Gasteiger partial charge in [0.15, 0.2) is 0 Å². The standard InChI is InChI=1S/C16H22F2O2/c1-12(17)5-3-4-10-16(2,18)11-13-6-8-14(9-7-13)15(19)20/h6-9,12H,3-5,10-11H2,1-2H3,(H,19,20). The lowest BCUT2D eigenvalue weighted by molar-refractivity contribution is 0.0697. The Morgan fingerprint density at radius 3 is 2.40 bits per heavy atom. The van der Waals surface area contributed by atoms with E-state index in [1.54, 1.807) is 12.1 Å². The van der Waals surface area contributed by atoms with Gasteiger partial charge < -0.3 is 5.11 Å². The molecular formula is C16H22F2O2. The van der Waals surface area contributed by atoms with Gasteiger partial charge in [0.2, 0.25) is 0 Å². The second kappa shape index (κ2) is 7.36. The van der Waals surface area contributed by atoms with E-state index in [0.29, 0.717) is 25.7 Å². The van der Waals surface area contributed by atoms with Gasteiger partial charge in [-0.15, -0.1) is 0 Å². The fraction of sp³-hybridized carbons (Fsp3) is 0.562. The van der Waals surface area contributed by atoms with Crippen LogP contribution in [0.2, 0.25) is 0 Å². The molecule has 2 unspecified atom stereocenters. The van der Waals surface area contributed by atoms with E-state index in [9.17, 15) is 13.6 Å². The third kappa shape index (κ3) is 6.13. The van der Waals surface area contributed by atoms with Gasteiger partial charge in [0.25, 0.3) is 0 Å². The summed E-state index contributed by atoms with van der Waals surface area (Å²) < 4.78 is 27.0. The number of halogens is 2. The van der Waals surface area contributed by atoms with E-state index in [-0.39, 0.29) is 12.0 Å². The molecule has 0 bridgehead atoms. The SMILES string of the molecule is CC(F)CCCCC(C)(F)Cc1ccc(C(=O)O)cc1. The highest BCUT2D eigenvalue weighted by atomic mass is 19.1. The van der Waals surface area contributed by atoms with E-state index in [1.165, 1.54) is 26.0 Å². The topological polar surface area (TPSA) is 37.3 Å². The normalized spacial score (nSPS) is 15.6. The van der Waals surface area contributed by atoms with Crippen molar-refractivity contribution < 1.29 is 18.7 Å². The van der Waals surface area contributed by atoms with E-state index in [2.05, 4.69) is 0 Å². The van der Waals surface area contributed by atoms with Crippen LogP contribution in [0.4, 0.5) is 8.78 Å². The van der Waals surface area contributed by atoms with Crippen LogP contribution in [0.3, 0.4) is 0 Å². The number of alkyl halides is 2. The number of carbonyl (C=O) groups is 1. The molecule has 0 aliphatic rings. The average Bonchev–Trinajstić information content (AvgIpc) is 2.34. The van der Waals surface area contributed by atoms with E-state index in [4.69, 9.17) is 5.11 Å². The molecule has 1 rings (SSSR count). The molecule has 2 atom stereocenters. The Hall–Kier alpha value is -1.45. The predicted molar refractivity (Wildman–Crippen MR) is 75.7 cm³/mol. The molecule has 4 heteroatoms. The molecule has 0 aliphatic heterocycles. The summed E-state index contributed by atoms with van der Waals surface area (Å²) >= 11 is 0. The first-order chi connectivity index (χ1) is 9.30. The van der Waals surface area contributed by atoms with Gasteiger partial charge in [-0.25, -0.2) is 13.6 Å². The third-order valence-corrected chi connectivity index (χ3v) is 3.32. The Balaban J connectivity index is 2.46. The molecule has 2 nitrogen and oxygen atoms in total. The molecule has 0 amide bonds. The van der Waals surface area contributed by atoms with Crippen molar-refractivity contribution in [1.82, 2.24) is 0 Å². The number of carboxylic acids is 1. The number of aromatic carboxylic acids is 1. The van der Waals surface area contributed by atoms with Crippen LogP contribution >= 0.6 is 0 Å². The predicted octanol–water partition coefficient (Wildman–Crippen LogP) is 4.57. The Kier molecular flexibility index (Phi) is 6.11. The zero-order chi connectivity index (χ0) is 15.2. The molecule has 1 N–H and O–H groups in total. The minimum Gasteiger partial charge on any atom is -0.478 e. The first-order valence-electron chi connectivity index (χ1n) is 6.95. The van der Waals surface area contributed by atoms with Crippen LogP contribution in [0, 0.1) is 0 Å². The summed E-state index contributed by atoms with van der Waals surface area (Å²) in [7, 11) is 0. The van der Waals surface area contributed by atoms with Crippen molar-refractivity contribution in [2.24, 2.45) is 0 Å². The highest BCUT2D eigenvalue weighted by Crippen LogP contribution is 2.25. The maximum Gasteiger partial charge on any atom is 0.335 e. The van der Waals surface area contributed by atoms with Crippen molar-refractivity contribution in [3.8, 4) is 0 Å². The fourth-order valence-corrected chi connectivity index (χ4v) is 2.20. The lowest BCUT2D eigenvalue weighted by atomic mass is 9.92. The number of rotatable bonds is 8. The van der Waals surface area contributed by atoms with Gasteiger partial charge in [0, 0.05) is 6.42 Å². The molecule has 0 radical (unpaired) electrons. The Morgan fingerprint density at radius 2 is 1.90 bits per heavy atom. The number of carboxylic acid groups (broad SMARTS) is 1. The van der Waals surface area contributed by atoms with Crippen molar-refractivity contribution in [2.75, 3.05) is 0 Å². The van der Waals surface area contributed by atoms with E-state index < -0.39 is 17.8 Å². The van der Waals surface area contributed by atoms with Crippen LogP contribution in [-0.2, 0) is 6.42 Å². The van der Waals surface area contributed by atoms with Crippen LogP contribution in [-0.4, -0.2) is 22.9 Å². The van der Waals surface area contributed by atoms with Gasteiger partial charge in [0.05, 0.1) is 11.7 Å². The smallest absolute Gasteiger partial charge is 0.335 e. The molecule has 0 aromatic heterocycles. The maximum absolute atomic E-state index is 14.3. The summed E-state index contributed by atoms with van der Waals surface area (Å²) in [5.74, 6) is -0.986. The highest BCUT2D eigenvalue weighted by molar-refractivity contribution is 5.87. The van der Waals surface area contributed by atoms with Gasteiger partial charge >= 0.3 is 5.97 Å². The molecule has 0 aliphatic carbocycles. The molecule has 0 saturated carbocycles. The van der Waals surface area contributed by atoms with Gasteiger partial charge in [-0.2, -0.15) is 0 Å². The maximum atomic E-state index is 14.3. The van der Waals surface area contributed by atoms with Crippen molar-refractivity contribution in [3.63, 3.8) is 0 Å². The Bertz CT molecular complexity index is 425. The number of hydrogen-bond donors (Lipinski definition) is 1. The molecule has 20 heavy (non-hydrogen) atoms. The summed E-state index contributed by atoms with van der Waals surface area (Å²) in [5, 5.41) is 8.79. The van der Waals surface area contributed by atoms with Crippen LogP contribution < -0.4 is 0 Å². The van der Waals surface area contributed by atoms with Crippen molar-refractivity contribution in [1.29, 1.82) is 0 Å². The second-order valence-corrected chi connectivity index (χ2v) is 5.62. The number of benzene rings is 1. The largest absolute Gasteiger partial charge is 0.478 e. The molecule has 0 heterocycles. The minimum atomic E-state index is -1.34. The molecule has 112 valence electrons. The Labute approximate surface area is 118 Å². The number of hydrogen-bond acceptors (Lipinski definition) is 1. The molecule has 0 saturated heterocycles. The molecule has 0 fully saturated rings. The van der Waals surface area contributed by atoms with Crippen molar-refractivity contribution >= 4 is 5.97 Å². The minimum absolute atomic E-state index is 0.200. The monoisotopic (exact) mass is 284 g/mol. The second-order valence-electron chi connectivity index (χ2n) is 5.62. The highest BCUT2D eigenvalue weighted by Gasteiger charge is 2.23. The summed E-state index contributed by atoms with van der Waals surface area (Å²) in [4.78, 5) is 10.7. The molecule has 1 aromatic carbocycles. The van der Waals surface area contributed by atoms with Crippen LogP contribution in [0.15, 0.2) is 24.3 Å². The van der Waals surface area contributed by atoms with Crippen molar-refractivity contribution in [2.45, 2.75) is 57.8 Å². The van der Waals surface area contributed by atoms with Crippen molar-refractivity contribution in [3.05, 3.63) is 35.4 Å². The zero-order valence-electron chi connectivity index (χ0n) is 12.0. The zero-order valence-corrected chi connectivity index (χ0v) is 12.0. The lowest BCUT2D eigenvalue weighted by Crippen LogP contribution is -2.21. The first-order valence-corrected chi connectivity index (χ1v) is 6.95. The van der Waals surface area contributed by atoms with Crippen LogP contribution in [0.25, 0.3) is 0 Å². The van der Waals surface area contributed by atoms with E-state index in [1.807, 2.05) is 0 Å². The third-order valence-electron chi connectivity index (χ3n) is 3.32. The summed E-state index contributed by atoms with van der Waals surface area (Å²) in [6, 6.07) is 6.26. The first kappa shape index (κ1) is 16.6. The van der Waals surface area contributed by atoms with Crippen LogP contribution in [0.5, 0.6) is 0 Å². The van der Waals surface area contributed by atoms with Crippen LogP contribution in [0.1, 0.15) is 55.5 Å². The van der Waals surface area contributed by atoms with Gasteiger partial charge in [-0.3, -0.25) is 0 Å². The lowest BCUT2D eigenvalue weighted by Gasteiger charge is -2.20. The van der Waals surface area contributed by atoms with Gasteiger partial charge in [0.1, 0.15) is 5.67 Å². The van der Waals surface area contributed by atoms with E-state index >= 15 is 0 Å². The molecule has 0 spiro atoms. The molecular weight excluding hydrogens is 262 g/mol.